The summed E-state index contributed by atoms with van der Waals surface area (Å²) in [6, 6.07) is 17.6. The summed E-state index contributed by atoms with van der Waals surface area (Å²) in [5.74, 6) is -2.21. The van der Waals surface area contributed by atoms with Crippen molar-refractivity contribution in [2.24, 2.45) is 0 Å². The Morgan fingerprint density at radius 2 is 1.95 bits per heavy atom. The fourth-order valence-electron chi connectivity index (χ4n) is 4.80. The molecule has 0 unspecified atom stereocenters. The number of H-pyrrole nitrogens is 1. The molecule has 0 radical (unpaired) electrons. The summed E-state index contributed by atoms with van der Waals surface area (Å²) in [4.78, 5) is 25.3. The van der Waals surface area contributed by atoms with Gasteiger partial charge in [0.2, 0.25) is 0 Å². The van der Waals surface area contributed by atoms with Crippen molar-refractivity contribution >= 4 is 44.3 Å². The van der Waals surface area contributed by atoms with Gasteiger partial charge >= 0.3 is 11.9 Å². The molecule has 5 rings (SSSR count). The van der Waals surface area contributed by atoms with Gasteiger partial charge < -0.3 is 25.0 Å². The zero-order chi connectivity index (χ0) is 26.5. The maximum Gasteiger partial charge on any atom is 0.414 e. The van der Waals surface area contributed by atoms with E-state index in [-0.39, 0.29) is 0 Å². The minimum absolute atomic E-state index is 0.312. The normalized spacial score (nSPS) is 18.8. The number of thiophene rings is 1. The molecule has 3 atom stereocenters. The number of aliphatic carboxylic acids is 2. The number of nitrogens with one attached hydrogen (secondary N) is 1. The van der Waals surface area contributed by atoms with Crippen LogP contribution in [0.15, 0.2) is 54.7 Å². The van der Waals surface area contributed by atoms with Crippen LogP contribution in [0.25, 0.3) is 21.0 Å². The number of hydrogen-bond donors (Lipinski definition) is 4. The molecule has 1 aliphatic rings. The molecule has 4 aromatic rings. The summed E-state index contributed by atoms with van der Waals surface area (Å²) in [7, 11) is 0. The van der Waals surface area contributed by atoms with Gasteiger partial charge in [-0.05, 0) is 80.4 Å². The van der Waals surface area contributed by atoms with E-state index in [2.05, 4.69) is 48.0 Å². The van der Waals surface area contributed by atoms with Gasteiger partial charge in [0.25, 0.3) is 0 Å². The molecule has 1 aliphatic heterocycles. The Morgan fingerprint density at radius 3 is 2.68 bits per heavy atom. The summed E-state index contributed by atoms with van der Waals surface area (Å²) >= 11 is 1.95. The summed E-state index contributed by atoms with van der Waals surface area (Å²) in [5.41, 5.74) is 2.38. The molecule has 8 nitrogen and oxygen atoms in total. The van der Waals surface area contributed by atoms with Gasteiger partial charge in [-0.2, -0.15) is 0 Å². The number of carbonyl (C=O) groups is 2. The van der Waals surface area contributed by atoms with Crippen LogP contribution in [-0.4, -0.2) is 69.0 Å². The van der Waals surface area contributed by atoms with E-state index in [1.165, 1.54) is 20.5 Å². The van der Waals surface area contributed by atoms with Crippen LogP contribution < -0.4 is 4.74 Å². The maximum absolute atomic E-state index is 10.6. The lowest BCUT2D eigenvalue weighted by molar-refractivity contribution is -0.159. The number of ether oxygens (including phenoxy) is 1. The number of fused-ring (bicyclic) bond motifs is 2. The van der Waals surface area contributed by atoms with Crippen molar-refractivity contribution in [2.75, 3.05) is 19.7 Å². The number of carboxylic acid groups (broad SMARTS) is 2. The Morgan fingerprint density at radius 1 is 1.16 bits per heavy atom. The molecule has 1 saturated heterocycles. The van der Waals surface area contributed by atoms with E-state index < -0.39 is 18.0 Å². The van der Waals surface area contributed by atoms with Crippen LogP contribution in [0.2, 0.25) is 0 Å². The van der Waals surface area contributed by atoms with Crippen molar-refractivity contribution in [1.82, 2.24) is 9.88 Å². The third-order valence-corrected chi connectivity index (χ3v) is 7.99. The molecule has 0 saturated carbocycles. The zero-order valence-corrected chi connectivity index (χ0v) is 21.7. The Labute approximate surface area is 219 Å². The monoisotopic (exact) mass is 524 g/mol. The van der Waals surface area contributed by atoms with E-state index >= 15 is 0 Å². The molecule has 0 spiro atoms. The molecule has 0 bridgehead atoms. The van der Waals surface area contributed by atoms with Crippen molar-refractivity contribution in [1.29, 1.82) is 0 Å². The number of aromatic nitrogens is 1. The lowest BCUT2D eigenvalue weighted by Crippen LogP contribution is -2.45. The lowest BCUT2D eigenvalue weighted by atomic mass is 9.90. The van der Waals surface area contributed by atoms with E-state index in [0.29, 0.717) is 25.1 Å². The molecule has 37 heavy (non-hydrogen) atoms. The number of aliphatic hydroxyl groups is 1. The quantitative estimate of drug-likeness (QED) is 0.266. The SMILES string of the molecule is Cc1ccc2cc([C@@H]3CCN(C[C@H](O)COc4cccc5[nH]ccc45)[C@@H](C)C3)sc2c1.O=C(O)C(=O)O. The molecule has 196 valence electrons. The smallest absolute Gasteiger partial charge is 0.414 e. The van der Waals surface area contributed by atoms with Gasteiger partial charge in [-0.25, -0.2) is 9.59 Å². The summed E-state index contributed by atoms with van der Waals surface area (Å²) < 4.78 is 7.35. The Kier molecular flexibility index (Phi) is 8.48. The van der Waals surface area contributed by atoms with Crippen LogP contribution in [0.4, 0.5) is 0 Å². The maximum atomic E-state index is 10.6. The van der Waals surface area contributed by atoms with Gasteiger partial charge in [-0.3, -0.25) is 4.90 Å². The number of benzene rings is 2. The van der Waals surface area contributed by atoms with Gasteiger partial charge in [0.15, 0.2) is 0 Å². The van der Waals surface area contributed by atoms with Crippen molar-refractivity contribution in [3.63, 3.8) is 0 Å². The van der Waals surface area contributed by atoms with Crippen LogP contribution in [0.3, 0.4) is 0 Å². The molecule has 3 heterocycles. The third-order valence-electron chi connectivity index (χ3n) is 6.73. The number of nitrogens with zero attached hydrogens (tertiary/aromatic N) is 1. The summed E-state index contributed by atoms with van der Waals surface area (Å²) in [5, 5.41) is 27.8. The van der Waals surface area contributed by atoms with Crippen LogP contribution in [0.5, 0.6) is 5.75 Å². The number of piperidine rings is 1. The Hall–Kier alpha value is -3.40. The van der Waals surface area contributed by atoms with Gasteiger partial charge in [0.05, 0.1) is 0 Å². The molecular weight excluding hydrogens is 492 g/mol. The Bertz CT molecular complexity index is 1370. The average Bonchev–Trinajstić information content (AvgIpc) is 3.51. The average molecular weight is 525 g/mol. The highest BCUT2D eigenvalue weighted by Gasteiger charge is 2.28. The minimum Gasteiger partial charge on any atom is -0.490 e. The second-order valence-corrected chi connectivity index (χ2v) is 10.6. The molecule has 2 aromatic carbocycles. The highest BCUT2D eigenvalue weighted by atomic mass is 32.1. The van der Waals surface area contributed by atoms with Crippen LogP contribution in [-0.2, 0) is 9.59 Å². The van der Waals surface area contributed by atoms with Gasteiger partial charge in [-0.1, -0.05) is 18.2 Å². The minimum atomic E-state index is -1.82. The predicted octanol–water partition coefficient (Wildman–Crippen LogP) is 4.85. The number of likely N-dealkylation sites (tertiary alicyclic amines) is 1. The second kappa shape index (κ2) is 11.8. The van der Waals surface area contributed by atoms with E-state index in [1.807, 2.05) is 41.8 Å². The largest absolute Gasteiger partial charge is 0.490 e. The van der Waals surface area contributed by atoms with Crippen LogP contribution in [0, 0.1) is 6.92 Å². The van der Waals surface area contributed by atoms with Crippen LogP contribution in [0.1, 0.15) is 36.1 Å². The van der Waals surface area contributed by atoms with Crippen molar-refractivity contribution in [3.05, 3.63) is 65.2 Å². The number of aliphatic hydroxyl groups excluding tert-OH is 1. The highest BCUT2D eigenvalue weighted by molar-refractivity contribution is 7.19. The molecule has 0 amide bonds. The molecule has 4 N–H and O–H groups in total. The van der Waals surface area contributed by atoms with Crippen molar-refractivity contribution in [3.8, 4) is 5.75 Å². The third kappa shape index (κ3) is 6.68. The van der Waals surface area contributed by atoms with Gasteiger partial charge in [-0.15, -0.1) is 11.3 Å². The Balaban J connectivity index is 0.000000480. The van der Waals surface area contributed by atoms with E-state index in [1.54, 1.807) is 0 Å². The summed E-state index contributed by atoms with van der Waals surface area (Å²) in [6.07, 6.45) is 3.70. The standard InChI is InChI=1S/C26H30N2O2S.C2H2O4/c1-17-6-7-19-14-26(31-25(19)12-17)20-9-11-28(18(2)13-20)15-21(29)16-30-24-5-3-4-23-22(24)8-10-27-23;3-1(4)2(5)6/h3-8,10,12,14,18,20-21,27,29H,9,11,13,15-16H2,1-2H3;(H,3,4)(H,5,6)/t18-,20+,21-;/m0./s1. The van der Waals surface area contributed by atoms with Gasteiger partial charge in [0.1, 0.15) is 18.5 Å². The molecular formula is C28H32N2O6S. The number of aromatic amines is 1. The van der Waals surface area contributed by atoms with Gasteiger partial charge in [0, 0.05) is 39.3 Å². The van der Waals surface area contributed by atoms with E-state index in [0.717, 1.165) is 36.0 Å². The molecule has 2 aromatic heterocycles. The first-order chi connectivity index (χ1) is 17.7. The summed E-state index contributed by atoms with van der Waals surface area (Å²) in [6.45, 7) is 6.43. The lowest BCUT2D eigenvalue weighted by Gasteiger charge is -2.38. The van der Waals surface area contributed by atoms with Crippen LogP contribution >= 0.6 is 11.3 Å². The first-order valence-corrected chi connectivity index (χ1v) is 13.1. The molecule has 1 fully saturated rings. The number of rotatable bonds is 6. The van der Waals surface area contributed by atoms with Crippen molar-refractivity contribution in [2.45, 2.75) is 44.8 Å². The number of aryl methyl sites for hydroxylation is 1. The number of hydrogen-bond acceptors (Lipinski definition) is 6. The van der Waals surface area contributed by atoms with E-state index in [4.69, 9.17) is 24.5 Å². The number of carboxylic acids is 2. The fourth-order valence-corrected chi connectivity index (χ4v) is 6.11. The number of β-amino-alcohol motifs (C(OH)–C–C–N with tert-alkyl or cyclic N) is 1. The predicted molar refractivity (Wildman–Crippen MR) is 145 cm³/mol. The fraction of sp³-hybridized carbons (Fsp3) is 0.357. The first kappa shape index (κ1) is 26.7. The zero-order valence-electron chi connectivity index (χ0n) is 20.9. The first-order valence-electron chi connectivity index (χ1n) is 12.3. The molecule has 9 heteroatoms. The highest BCUT2D eigenvalue weighted by Crippen LogP contribution is 2.38. The second-order valence-electron chi connectivity index (χ2n) is 9.53. The topological polar surface area (TPSA) is 123 Å². The molecule has 0 aliphatic carbocycles. The van der Waals surface area contributed by atoms with Crippen molar-refractivity contribution < 1.29 is 29.6 Å². The van der Waals surface area contributed by atoms with E-state index in [9.17, 15) is 5.11 Å².